The molecular weight excluding hydrogens is 428 g/mol. The van der Waals surface area contributed by atoms with E-state index in [-0.39, 0.29) is 12.3 Å². The Bertz CT molecular complexity index is 1260. The van der Waals surface area contributed by atoms with E-state index in [9.17, 15) is 4.79 Å². The monoisotopic (exact) mass is 450 g/mol. The van der Waals surface area contributed by atoms with E-state index in [0.29, 0.717) is 5.02 Å². The summed E-state index contributed by atoms with van der Waals surface area (Å²) in [5.41, 5.74) is 7.44. The smallest absolute Gasteiger partial charge is 0.228 e. The molecule has 0 atom stereocenters. The van der Waals surface area contributed by atoms with E-state index in [0.717, 1.165) is 44.6 Å². The lowest BCUT2D eigenvalue weighted by molar-refractivity contribution is -0.115. The number of rotatable bonds is 5. The van der Waals surface area contributed by atoms with Gasteiger partial charge in [0.25, 0.3) is 0 Å². The number of thiazole rings is 1. The molecule has 0 saturated carbocycles. The first-order chi connectivity index (χ1) is 14.8. The summed E-state index contributed by atoms with van der Waals surface area (Å²) in [6.45, 7) is 7.85. The minimum Gasteiger partial charge on any atom is -0.326 e. The molecule has 158 valence electrons. The van der Waals surface area contributed by atoms with Crippen molar-refractivity contribution in [1.29, 1.82) is 0 Å². The van der Waals surface area contributed by atoms with Crippen LogP contribution in [0.4, 0.5) is 5.69 Å². The number of nitrogens with one attached hydrogen (secondary N) is 1. The summed E-state index contributed by atoms with van der Waals surface area (Å²) in [5.74, 6) is -0.101. The molecule has 1 N–H and O–H groups in total. The number of anilines is 1. The number of benzene rings is 2. The number of nitrogens with zero attached hydrogens (tertiary/aromatic N) is 3. The summed E-state index contributed by atoms with van der Waals surface area (Å²) >= 11 is 7.70. The average Bonchev–Trinajstić information content (AvgIpc) is 3.32. The van der Waals surface area contributed by atoms with Crippen molar-refractivity contribution in [3.8, 4) is 16.4 Å². The maximum Gasteiger partial charge on any atom is 0.228 e. The van der Waals surface area contributed by atoms with Crippen LogP contribution in [0.25, 0.3) is 16.4 Å². The molecule has 1 amide bonds. The third-order valence-electron chi connectivity index (χ3n) is 5.34. The van der Waals surface area contributed by atoms with Gasteiger partial charge < -0.3 is 5.32 Å². The van der Waals surface area contributed by atoms with Crippen molar-refractivity contribution in [2.24, 2.45) is 0 Å². The van der Waals surface area contributed by atoms with Gasteiger partial charge in [0.05, 0.1) is 17.8 Å². The van der Waals surface area contributed by atoms with E-state index in [1.807, 2.05) is 49.0 Å². The van der Waals surface area contributed by atoms with E-state index in [4.69, 9.17) is 16.6 Å². The first kappa shape index (κ1) is 21.3. The first-order valence-electron chi connectivity index (χ1n) is 9.96. The molecule has 2 heterocycles. The van der Waals surface area contributed by atoms with Crippen molar-refractivity contribution in [3.05, 3.63) is 80.9 Å². The van der Waals surface area contributed by atoms with E-state index in [1.165, 1.54) is 16.9 Å². The van der Waals surface area contributed by atoms with Crippen LogP contribution in [0.1, 0.15) is 28.1 Å². The van der Waals surface area contributed by atoms with Gasteiger partial charge in [0, 0.05) is 32.9 Å². The molecule has 0 fully saturated rings. The molecule has 0 aliphatic carbocycles. The van der Waals surface area contributed by atoms with Gasteiger partial charge in [0.15, 0.2) is 0 Å². The highest BCUT2D eigenvalue weighted by Gasteiger charge is 2.18. The van der Waals surface area contributed by atoms with Crippen molar-refractivity contribution in [2.75, 3.05) is 5.32 Å². The summed E-state index contributed by atoms with van der Waals surface area (Å²) in [5, 5.41) is 11.1. The highest BCUT2D eigenvalue weighted by Crippen LogP contribution is 2.27. The Morgan fingerprint density at radius 1 is 1.10 bits per heavy atom. The maximum atomic E-state index is 12.7. The Hall–Kier alpha value is -2.96. The van der Waals surface area contributed by atoms with Crippen LogP contribution in [0.5, 0.6) is 0 Å². The molecule has 2 aromatic heterocycles. The lowest BCUT2D eigenvalue weighted by Gasteiger charge is -2.09. The molecule has 0 unspecified atom stereocenters. The molecule has 0 aliphatic heterocycles. The molecule has 0 aliphatic rings. The molecule has 7 heteroatoms. The number of aromatic nitrogens is 3. The number of carbonyl (C=O) groups excluding carboxylic acids is 1. The third kappa shape index (κ3) is 4.40. The Morgan fingerprint density at radius 3 is 2.58 bits per heavy atom. The largest absolute Gasteiger partial charge is 0.326 e. The van der Waals surface area contributed by atoms with Gasteiger partial charge >= 0.3 is 0 Å². The second kappa shape index (κ2) is 8.65. The van der Waals surface area contributed by atoms with Crippen LogP contribution < -0.4 is 5.32 Å². The lowest BCUT2D eigenvalue weighted by atomic mass is 10.1. The van der Waals surface area contributed by atoms with Crippen LogP contribution in [0.2, 0.25) is 5.02 Å². The molecule has 4 aromatic rings. The minimum absolute atomic E-state index is 0.101. The van der Waals surface area contributed by atoms with Gasteiger partial charge in [-0.15, -0.1) is 11.3 Å². The molecule has 0 spiro atoms. The zero-order valence-electron chi connectivity index (χ0n) is 17.9. The van der Waals surface area contributed by atoms with Crippen LogP contribution in [0.15, 0.2) is 47.8 Å². The van der Waals surface area contributed by atoms with Gasteiger partial charge in [0.2, 0.25) is 11.0 Å². The van der Waals surface area contributed by atoms with Crippen LogP contribution in [0, 0.1) is 27.7 Å². The van der Waals surface area contributed by atoms with Crippen LogP contribution in [-0.2, 0) is 11.2 Å². The molecule has 2 aromatic carbocycles. The normalized spacial score (nSPS) is 11.0. The summed E-state index contributed by atoms with van der Waals surface area (Å²) in [7, 11) is 0. The van der Waals surface area contributed by atoms with E-state index < -0.39 is 0 Å². The summed E-state index contributed by atoms with van der Waals surface area (Å²) < 4.78 is 1.82. The average molecular weight is 451 g/mol. The minimum atomic E-state index is -0.101. The Morgan fingerprint density at radius 2 is 1.84 bits per heavy atom. The Labute approximate surface area is 190 Å². The van der Waals surface area contributed by atoms with Gasteiger partial charge in [-0.05, 0) is 45.4 Å². The Kier molecular flexibility index (Phi) is 5.94. The van der Waals surface area contributed by atoms with Crippen molar-refractivity contribution >= 4 is 34.5 Å². The van der Waals surface area contributed by atoms with Crippen LogP contribution >= 0.6 is 22.9 Å². The van der Waals surface area contributed by atoms with Crippen molar-refractivity contribution in [1.82, 2.24) is 14.8 Å². The second-order valence-electron chi connectivity index (χ2n) is 7.58. The molecule has 31 heavy (non-hydrogen) atoms. The van der Waals surface area contributed by atoms with Crippen LogP contribution in [0.3, 0.4) is 0 Å². The number of carbonyl (C=O) groups is 1. The highest BCUT2D eigenvalue weighted by atomic mass is 35.5. The predicted molar refractivity (Wildman–Crippen MR) is 127 cm³/mol. The van der Waals surface area contributed by atoms with E-state index in [2.05, 4.69) is 41.6 Å². The zero-order chi connectivity index (χ0) is 22.1. The fraction of sp³-hybridized carbons (Fsp3) is 0.208. The fourth-order valence-electron chi connectivity index (χ4n) is 3.43. The van der Waals surface area contributed by atoms with Gasteiger partial charge in [-0.2, -0.15) is 5.10 Å². The quantitative estimate of drug-likeness (QED) is 0.401. The van der Waals surface area contributed by atoms with Gasteiger partial charge in [-0.1, -0.05) is 47.5 Å². The van der Waals surface area contributed by atoms with Crippen molar-refractivity contribution in [2.45, 2.75) is 34.1 Å². The van der Waals surface area contributed by atoms with E-state index in [1.54, 1.807) is 0 Å². The Balaban J connectivity index is 1.56. The highest BCUT2D eigenvalue weighted by molar-refractivity contribution is 7.12. The predicted octanol–water partition coefficient (Wildman–Crippen LogP) is 6.06. The maximum absolute atomic E-state index is 12.7. The van der Waals surface area contributed by atoms with Crippen LogP contribution in [-0.4, -0.2) is 20.7 Å². The molecule has 0 radical (unpaired) electrons. The summed E-state index contributed by atoms with van der Waals surface area (Å²) in [6, 6.07) is 13.8. The second-order valence-corrected chi connectivity index (χ2v) is 8.82. The fourth-order valence-corrected chi connectivity index (χ4v) is 4.44. The number of hydrogen-bond donors (Lipinski definition) is 1. The molecule has 0 saturated heterocycles. The van der Waals surface area contributed by atoms with Crippen molar-refractivity contribution < 1.29 is 4.79 Å². The number of aryl methyl sites for hydroxylation is 2. The summed E-state index contributed by atoms with van der Waals surface area (Å²) in [6.07, 6.45) is 0.236. The van der Waals surface area contributed by atoms with Crippen molar-refractivity contribution in [3.63, 3.8) is 0 Å². The number of hydrogen-bond acceptors (Lipinski definition) is 4. The molecule has 0 bridgehead atoms. The number of amides is 1. The van der Waals surface area contributed by atoms with Gasteiger partial charge in [0.1, 0.15) is 0 Å². The zero-order valence-corrected chi connectivity index (χ0v) is 19.4. The van der Waals surface area contributed by atoms with Gasteiger partial charge in [-0.25, -0.2) is 9.67 Å². The standard InChI is InChI=1S/C24H23ClN4OS/c1-14-8-10-18(11-9-14)22-13-31-24(27-22)29-17(4)19(16(3)28-29)12-23(30)26-21-7-5-6-20(25)15(21)2/h5-11,13H,12H2,1-4H3,(H,26,30). The molecule has 4 rings (SSSR count). The molecule has 5 nitrogen and oxygen atoms in total. The number of halogens is 1. The SMILES string of the molecule is Cc1ccc(-c2csc(-n3nc(C)c(CC(=O)Nc4cccc(Cl)c4C)c3C)n2)cc1. The van der Waals surface area contributed by atoms with Gasteiger partial charge in [-0.3, -0.25) is 4.79 Å². The van der Waals surface area contributed by atoms with E-state index >= 15 is 0 Å². The first-order valence-corrected chi connectivity index (χ1v) is 11.2. The topological polar surface area (TPSA) is 59.8 Å². The lowest BCUT2D eigenvalue weighted by Crippen LogP contribution is -2.16. The third-order valence-corrected chi connectivity index (χ3v) is 6.57. The summed E-state index contributed by atoms with van der Waals surface area (Å²) in [4.78, 5) is 17.5. The molecular formula is C24H23ClN4OS.